The van der Waals surface area contributed by atoms with E-state index in [2.05, 4.69) is 36.6 Å². The summed E-state index contributed by atoms with van der Waals surface area (Å²) in [5.41, 5.74) is 5.21. The molecule has 4 nitrogen and oxygen atoms in total. The number of hydrogen-bond acceptors (Lipinski definition) is 3. The molecule has 0 fully saturated rings. The predicted molar refractivity (Wildman–Crippen MR) is 106 cm³/mol. The second-order valence-electron chi connectivity index (χ2n) is 6.12. The molecular formula is C22H22N2O2. The normalized spacial score (nSPS) is 10.2. The average molecular weight is 346 g/mol. The molecule has 3 rings (SSSR count). The van der Waals surface area contributed by atoms with Crippen LogP contribution in [0.25, 0.3) is 0 Å². The van der Waals surface area contributed by atoms with E-state index in [4.69, 9.17) is 4.74 Å². The molecule has 3 aromatic rings. The van der Waals surface area contributed by atoms with E-state index in [1.54, 1.807) is 0 Å². The molecule has 0 saturated carbocycles. The fourth-order valence-corrected chi connectivity index (χ4v) is 2.66. The van der Waals surface area contributed by atoms with Gasteiger partial charge in [-0.25, -0.2) is 0 Å². The van der Waals surface area contributed by atoms with Crippen molar-refractivity contribution in [1.29, 1.82) is 0 Å². The third kappa shape index (κ3) is 4.63. The highest BCUT2D eigenvalue weighted by molar-refractivity contribution is 5.92. The molecule has 3 aromatic carbocycles. The summed E-state index contributed by atoms with van der Waals surface area (Å²) in [5.74, 6) is 0.486. The topological polar surface area (TPSA) is 50.4 Å². The van der Waals surface area contributed by atoms with Crippen LogP contribution in [0.2, 0.25) is 0 Å². The van der Waals surface area contributed by atoms with E-state index in [9.17, 15) is 4.79 Å². The van der Waals surface area contributed by atoms with E-state index >= 15 is 0 Å². The molecule has 0 unspecified atom stereocenters. The Balaban J connectivity index is 1.56. The number of carbonyl (C=O) groups excluding carboxylic acids is 1. The van der Waals surface area contributed by atoms with Crippen molar-refractivity contribution in [3.63, 3.8) is 0 Å². The molecule has 0 atom stereocenters. The van der Waals surface area contributed by atoms with Crippen LogP contribution in [0, 0.1) is 13.8 Å². The fraction of sp³-hybridized carbons (Fsp3) is 0.136. The second kappa shape index (κ2) is 8.21. The van der Waals surface area contributed by atoms with Crippen molar-refractivity contribution in [3.05, 3.63) is 83.9 Å². The quantitative estimate of drug-likeness (QED) is 0.655. The molecular weight excluding hydrogens is 324 g/mol. The molecule has 0 aliphatic heterocycles. The first-order valence-electron chi connectivity index (χ1n) is 8.53. The molecule has 1 amide bonds. The van der Waals surface area contributed by atoms with Crippen LogP contribution in [-0.4, -0.2) is 12.5 Å². The van der Waals surface area contributed by atoms with Crippen molar-refractivity contribution in [3.8, 4) is 5.75 Å². The number of amides is 1. The minimum absolute atomic E-state index is 0.0214. The highest BCUT2D eigenvalue weighted by atomic mass is 16.5. The average Bonchev–Trinajstić information content (AvgIpc) is 2.65. The molecule has 26 heavy (non-hydrogen) atoms. The SMILES string of the molecule is Cc1cccc(C)c1Nc1ccc(NC(=O)COc2ccccc2)cc1. The largest absolute Gasteiger partial charge is 0.484 e. The molecule has 0 spiro atoms. The first kappa shape index (κ1) is 17.5. The van der Waals surface area contributed by atoms with Crippen LogP contribution in [0.15, 0.2) is 72.8 Å². The summed E-state index contributed by atoms with van der Waals surface area (Å²) in [5, 5.41) is 6.26. The summed E-state index contributed by atoms with van der Waals surface area (Å²) in [7, 11) is 0. The molecule has 0 aromatic heterocycles. The Morgan fingerprint density at radius 3 is 2.08 bits per heavy atom. The second-order valence-corrected chi connectivity index (χ2v) is 6.12. The van der Waals surface area contributed by atoms with Crippen molar-refractivity contribution in [2.45, 2.75) is 13.8 Å². The first-order chi connectivity index (χ1) is 12.6. The minimum atomic E-state index is -0.190. The Morgan fingerprint density at radius 2 is 1.42 bits per heavy atom. The lowest BCUT2D eigenvalue weighted by Crippen LogP contribution is -2.20. The van der Waals surface area contributed by atoms with E-state index in [1.165, 1.54) is 11.1 Å². The number of ether oxygens (including phenoxy) is 1. The Kier molecular flexibility index (Phi) is 5.54. The maximum atomic E-state index is 12.0. The lowest BCUT2D eigenvalue weighted by atomic mass is 10.1. The van der Waals surface area contributed by atoms with Gasteiger partial charge in [0.05, 0.1) is 0 Å². The van der Waals surface area contributed by atoms with Gasteiger partial charge < -0.3 is 15.4 Å². The number of para-hydroxylation sites is 2. The van der Waals surface area contributed by atoms with E-state index in [0.717, 1.165) is 17.1 Å². The molecule has 0 radical (unpaired) electrons. The van der Waals surface area contributed by atoms with Gasteiger partial charge in [0, 0.05) is 17.1 Å². The highest BCUT2D eigenvalue weighted by Crippen LogP contribution is 2.25. The molecule has 132 valence electrons. The van der Waals surface area contributed by atoms with Crippen molar-refractivity contribution >= 4 is 23.0 Å². The third-order valence-corrected chi connectivity index (χ3v) is 4.03. The fourth-order valence-electron chi connectivity index (χ4n) is 2.66. The maximum Gasteiger partial charge on any atom is 0.262 e. The third-order valence-electron chi connectivity index (χ3n) is 4.03. The zero-order chi connectivity index (χ0) is 18.4. The van der Waals surface area contributed by atoms with Crippen LogP contribution in [0.3, 0.4) is 0 Å². The van der Waals surface area contributed by atoms with Gasteiger partial charge in [0.15, 0.2) is 6.61 Å². The van der Waals surface area contributed by atoms with Crippen molar-refractivity contribution in [2.24, 2.45) is 0 Å². The van der Waals surface area contributed by atoms with Crippen LogP contribution < -0.4 is 15.4 Å². The monoisotopic (exact) mass is 346 g/mol. The number of benzene rings is 3. The zero-order valence-corrected chi connectivity index (χ0v) is 15.0. The minimum Gasteiger partial charge on any atom is -0.484 e. The van der Waals surface area contributed by atoms with Gasteiger partial charge in [0.25, 0.3) is 5.91 Å². The number of aryl methyl sites for hydroxylation is 2. The van der Waals surface area contributed by atoms with Gasteiger partial charge >= 0.3 is 0 Å². The molecule has 0 bridgehead atoms. The summed E-state index contributed by atoms with van der Waals surface area (Å²) < 4.78 is 5.44. The van der Waals surface area contributed by atoms with Crippen LogP contribution in [0.4, 0.5) is 17.1 Å². The molecule has 0 saturated heterocycles. The van der Waals surface area contributed by atoms with Gasteiger partial charge in [0.1, 0.15) is 5.75 Å². The van der Waals surface area contributed by atoms with E-state index < -0.39 is 0 Å². The van der Waals surface area contributed by atoms with E-state index in [-0.39, 0.29) is 12.5 Å². The smallest absolute Gasteiger partial charge is 0.262 e. The molecule has 0 aliphatic rings. The van der Waals surface area contributed by atoms with Gasteiger partial charge in [-0.1, -0.05) is 36.4 Å². The number of hydrogen-bond donors (Lipinski definition) is 2. The van der Waals surface area contributed by atoms with Gasteiger partial charge in [-0.3, -0.25) is 4.79 Å². The zero-order valence-electron chi connectivity index (χ0n) is 15.0. The molecule has 2 N–H and O–H groups in total. The standard InChI is InChI=1S/C22H22N2O2/c1-16-7-6-8-17(2)22(16)24-19-13-11-18(12-14-19)23-21(25)15-26-20-9-4-3-5-10-20/h3-14,24H,15H2,1-2H3,(H,23,25). The Morgan fingerprint density at radius 1 is 0.808 bits per heavy atom. The molecule has 0 heterocycles. The Labute approximate surface area is 153 Å². The lowest BCUT2D eigenvalue weighted by Gasteiger charge is -2.13. The molecule has 0 aliphatic carbocycles. The molecule has 4 heteroatoms. The first-order valence-corrected chi connectivity index (χ1v) is 8.53. The number of rotatable bonds is 6. The Bertz CT molecular complexity index is 854. The van der Waals surface area contributed by atoms with E-state index in [0.29, 0.717) is 5.75 Å². The predicted octanol–water partition coefficient (Wildman–Crippen LogP) is 5.06. The van der Waals surface area contributed by atoms with Crippen LogP contribution in [0.5, 0.6) is 5.75 Å². The van der Waals surface area contributed by atoms with Gasteiger partial charge in [-0.15, -0.1) is 0 Å². The Hall–Kier alpha value is -3.27. The summed E-state index contributed by atoms with van der Waals surface area (Å²) in [6, 6.07) is 23.1. The van der Waals surface area contributed by atoms with Crippen LogP contribution >= 0.6 is 0 Å². The van der Waals surface area contributed by atoms with Gasteiger partial charge in [-0.2, -0.15) is 0 Å². The summed E-state index contributed by atoms with van der Waals surface area (Å²) in [6.45, 7) is 4.14. The van der Waals surface area contributed by atoms with Crippen LogP contribution in [0.1, 0.15) is 11.1 Å². The summed E-state index contributed by atoms with van der Waals surface area (Å²) >= 11 is 0. The van der Waals surface area contributed by atoms with E-state index in [1.807, 2.05) is 60.7 Å². The number of carbonyl (C=O) groups is 1. The maximum absolute atomic E-state index is 12.0. The number of anilines is 3. The van der Waals surface area contributed by atoms with Gasteiger partial charge in [0.2, 0.25) is 0 Å². The van der Waals surface area contributed by atoms with Crippen molar-refractivity contribution in [1.82, 2.24) is 0 Å². The van der Waals surface area contributed by atoms with Crippen molar-refractivity contribution in [2.75, 3.05) is 17.2 Å². The lowest BCUT2D eigenvalue weighted by molar-refractivity contribution is -0.118. The summed E-state index contributed by atoms with van der Waals surface area (Å²) in [6.07, 6.45) is 0. The van der Waals surface area contributed by atoms with Crippen molar-refractivity contribution < 1.29 is 9.53 Å². The highest BCUT2D eigenvalue weighted by Gasteiger charge is 2.05. The van der Waals surface area contributed by atoms with Crippen LogP contribution in [-0.2, 0) is 4.79 Å². The number of nitrogens with one attached hydrogen (secondary N) is 2. The van der Waals surface area contributed by atoms with Gasteiger partial charge in [-0.05, 0) is 61.4 Å². The summed E-state index contributed by atoms with van der Waals surface area (Å²) in [4.78, 5) is 12.0.